The van der Waals surface area contributed by atoms with Crippen LogP contribution in [-0.4, -0.2) is 20.9 Å². The summed E-state index contributed by atoms with van der Waals surface area (Å²) in [4.78, 5) is 24.7. The number of carbonyl (C=O) groups excluding carboxylic acids is 1. The Balaban J connectivity index is 1.79. The summed E-state index contributed by atoms with van der Waals surface area (Å²) in [6, 6.07) is 5.55. The average Bonchev–Trinajstić information content (AvgIpc) is 3.08. The first-order valence-corrected chi connectivity index (χ1v) is 7.29. The fourth-order valence-corrected chi connectivity index (χ4v) is 2.54. The number of aromatic nitrogens is 3. The van der Waals surface area contributed by atoms with Gasteiger partial charge in [0.15, 0.2) is 0 Å². The van der Waals surface area contributed by atoms with Gasteiger partial charge in [-0.1, -0.05) is 0 Å². The van der Waals surface area contributed by atoms with Gasteiger partial charge in [0, 0.05) is 41.3 Å². The largest absolute Gasteiger partial charge is 0.346 e. The molecule has 0 fully saturated rings. The Bertz CT molecular complexity index is 728. The molecule has 1 N–H and O–H groups in total. The average molecular weight is 296 g/mol. The van der Waals surface area contributed by atoms with Gasteiger partial charge in [-0.2, -0.15) is 11.3 Å². The number of nitrogens with one attached hydrogen (secondary N) is 1. The van der Waals surface area contributed by atoms with Crippen LogP contribution in [0.15, 0.2) is 53.7 Å². The normalized spacial score (nSPS) is 10.3. The summed E-state index contributed by atoms with van der Waals surface area (Å²) in [7, 11) is 0. The Morgan fingerprint density at radius 1 is 1.19 bits per heavy atom. The summed E-state index contributed by atoms with van der Waals surface area (Å²) in [5, 5.41) is 6.54. The maximum absolute atomic E-state index is 12.0. The second-order valence-electron chi connectivity index (χ2n) is 4.29. The number of hydrogen-bond acceptors (Lipinski definition) is 5. The zero-order valence-corrected chi connectivity index (χ0v) is 11.9. The summed E-state index contributed by atoms with van der Waals surface area (Å²) in [5.74, 6) is -0.112. The van der Waals surface area contributed by atoms with Gasteiger partial charge >= 0.3 is 0 Å². The fraction of sp³-hybridized carbons (Fsp3) is 0.0667. The number of amides is 1. The highest BCUT2D eigenvalue weighted by molar-refractivity contribution is 7.08. The van der Waals surface area contributed by atoms with Crippen molar-refractivity contribution in [2.24, 2.45) is 0 Å². The van der Waals surface area contributed by atoms with Crippen LogP contribution in [0, 0.1) is 0 Å². The molecule has 1 amide bonds. The van der Waals surface area contributed by atoms with Gasteiger partial charge in [0.2, 0.25) is 0 Å². The Labute approximate surface area is 125 Å². The van der Waals surface area contributed by atoms with E-state index in [1.807, 2.05) is 22.9 Å². The van der Waals surface area contributed by atoms with E-state index < -0.39 is 0 Å². The topological polar surface area (TPSA) is 67.8 Å². The molecule has 0 aromatic carbocycles. The van der Waals surface area contributed by atoms with Crippen molar-refractivity contribution in [3.8, 4) is 11.3 Å². The van der Waals surface area contributed by atoms with Crippen molar-refractivity contribution in [1.29, 1.82) is 0 Å². The molecule has 0 saturated heterocycles. The van der Waals surface area contributed by atoms with Crippen LogP contribution < -0.4 is 5.32 Å². The van der Waals surface area contributed by atoms with Crippen molar-refractivity contribution in [2.75, 3.05) is 0 Å². The molecule has 0 spiro atoms. The summed E-state index contributed by atoms with van der Waals surface area (Å²) >= 11 is 1.49. The van der Waals surface area contributed by atoms with Crippen LogP contribution >= 0.6 is 11.3 Å². The van der Waals surface area contributed by atoms with E-state index in [1.165, 1.54) is 11.3 Å². The molecular weight excluding hydrogens is 284 g/mol. The quantitative estimate of drug-likeness (QED) is 0.803. The third-order valence-electron chi connectivity index (χ3n) is 2.91. The minimum Gasteiger partial charge on any atom is -0.346 e. The zero-order chi connectivity index (χ0) is 14.5. The predicted molar refractivity (Wildman–Crippen MR) is 80.8 cm³/mol. The van der Waals surface area contributed by atoms with E-state index in [9.17, 15) is 4.79 Å². The standard InChI is InChI=1S/C15H12N4OS/c20-15(12-3-7-21-10-12)19-9-13-14(18-6-5-17-13)11-2-1-4-16-8-11/h1-8,10H,9H2,(H,19,20). The Morgan fingerprint density at radius 3 is 2.86 bits per heavy atom. The van der Waals surface area contributed by atoms with E-state index in [0.717, 1.165) is 11.3 Å². The maximum Gasteiger partial charge on any atom is 0.252 e. The molecule has 0 aliphatic rings. The van der Waals surface area contributed by atoms with E-state index in [1.54, 1.807) is 30.9 Å². The SMILES string of the molecule is O=C(NCc1nccnc1-c1cccnc1)c1ccsc1. The lowest BCUT2D eigenvalue weighted by Crippen LogP contribution is -2.23. The lowest BCUT2D eigenvalue weighted by atomic mass is 10.1. The van der Waals surface area contributed by atoms with Crippen molar-refractivity contribution >= 4 is 17.2 Å². The molecular formula is C15H12N4OS. The Kier molecular flexibility index (Phi) is 3.97. The first-order valence-electron chi connectivity index (χ1n) is 6.35. The summed E-state index contributed by atoms with van der Waals surface area (Å²) in [5.41, 5.74) is 2.99. The fourth-order valence-electron chi connectivity index (χ4n) is 1.90. The molecule has 21 heavy (non-hydrogen) atoms. The maximum atomic E-state index is 12.0. The molecule has 104 valence electrons. The number of thiophene rings is 1. The van der Waals surface area contributed by atoms with Gasteiger partial charge in [-0.3, -0.25) is 19.7 Å². The molecule has 3 rings (SSSR count). The van der Waals surface area contributed by atoms with E-state index in [0.29, 0.717) is 17.8 Å². The highest BCUT2D eigenvalue weighted by Crippen LogP contribution is 2.18. The van der Waals surface area contributed by atoms with Gasteiger partial charge in [-0.15, -0.1) is 0 Å². The molecule has 3 aromatic heterocycles. The Hall–Kier alpha value is -2.60. The molecule has 0 radical (unpaired) electrons. The van der Waals surface area contributed by atoms with Gasteiger partial charge in [0.1, 0.15) is 0 Å². The first-order chi connectivity index (χ1) is 10.3. The van der Waals surface area contributed by atoms with Crippen LogP contribution in [0.3, 0.4) is 0 Å². The van der Waals surface area contributed by atoms with Crippen LogP contribution in [0.1, 0.15) is 16.1 Å². The minimum absolute atomic E-state index is 0.112. The molecule has 3 heterocycles. The second-order valence-corrected chi connectivity index (χ2v) is 5.07. The minimum atomic E-state index is -0.112. The molecule has 6 heteroatoms. The molecule has 5 nitrogen and oxygen atoms in total. The van der Waals surface area contributed by atoms with Crippen molar-refractivity contribution < 1.29 is 4.79 Å². The number of carbonyl (C=O) groups is 1. The molecule has 0 aliphatic heterocycles. The van der Waals surface area contributed by atoms with Crippen molar-refractivity contribution in [1.82, 2.24) is 20.3 Å². The number of rotatable bonds is 4. The van der Waals surface area contributed by atoms with Crippen LogP contribution in [0.4, 0.5) is 0 Å². The van der Waals surface area contributed by atoms with E-state index in [2.05, 4.69) is 20.3 Å². The highest BCUT2D eigenvalue weighted by atomic mass is 32.1. The summed E-state index contributed by atoms with van der Waals surface area (Å²) in [6.07, 6.45) is 6.69. The number of nitrogens with zero attached hydrogens (tertiary/aromatic N) is 3. The summed E-state index contributed by atoms with van der Waals surface area (Å²) in [6.45, 7) is 0.326. The Morgan fingerprint density at radius 2 is 2.10 bits per heavy atom. The molecule has 0 atom stereocenters. The van der Waals surface area contributed by atoms with Crippen LogP contribution in [0.5, 0.6) is 0 Å². The second kappa shape index (κ2) is 6.23. The van der Waals surface area contributed by atoms with Crippen molar-refractivity contribution in [3.63, 3.8) is 0 Å². The van der Waals surface area contributed by atoms with E-state index in [4.69, 9.17) is 0 Å². The number of pyridine rings is 1. The van der Waals surface area contributed by atoms with Gasteiger partial charge < -0.3 is 5.32 Å². The predicted octanol–water partition coefficient (Wildman–Crippen LogP) is 2.53. The van der Waals surface area contributed by atoms with E-state index >= 15 is 0 Å². The van der Waals surface area contributed by atoms with Crippen molar-refractivity contribution in [2.45, 2.75) is 6.54 Å². The lowest BCUT2D eigenvalue weighted by molar-refractivity contribution is 0.0951. The van der Waals surface area contributed by atoms with Crippen LogP contribution in [-0.2, 0) is 6.54 Å². The molecule has 0 unspecified atom stereocenters. The van der Waals surface area contributed by atoms with Crippen LogP contribution in [0.25, 0.3) is 11.3 Å². The van der Waals surface area contributed by atoms with Gasteiger partial charge in [-0.05, 0) is 23.6 Å². The van der Waals surface area contributed by atoms with Gasteiger partial charge in [-0.25, -0.2) is 0 Å². The van der Waals surface area contributed by atoms with Gasteiger partial charge in [0.05, 0.1) is 17.9 Å². The molecule has 0 bridgehead atoms. The van der Waals surface area contributed by atoms with E-state index in [-0.39, 0.29) is 5.91 Å². The summed E-state index contributed by atoms with van der Waals surface area (Å²) < 4.78 is 0. The monoisotopic (exact) mass is 296 g/mol. The van der Waals surface area contributed by atoms with Gasteiger partial charge in [0.25, 0.3) is 5.91 Å². The molecule has 0 saturated carbocycles. The third-order valence-corrected chi connectivity index (χ3v) is 3.59. The van der Waals surface area contributed by atoms with Crippen molar-refractivity contribution in [3.05, 3.63) is 65.0 Å². The highest BCUT2D eigenvalue weighted by Gasteiger charge is 2.10. The first kappa shape index (κ1) is 13.4. The lowest BCUT2D eigenvalue weighted by Gasteiger charge is -2.08. The third kappa shape index (κ3) is 3.11. The number of hydrogen-bond donors (Lipinski definition) is 1. The van der Waals surface area contributed by atoms with Crippen LogP contribution in [0.2, 0.25) is 0 Å². The smallest absolute Gasteiger partial charge is 0.252 e. The molecule has 3 aromatic rings. The zero-order valence-electron chi connectivity index (χ0n) is 11.1. The molecule has 0 aliphatic carbocycles.